The fourth-order valence-electron chi connectivity index (χ4n) is 1.97. The first-order chi connectivity index (χ1) is 8.08. The first-order valence-electron chi connectivity index (χ1n) is 5.43. The smallest absolute Gasteiger partial charge is 0.335 e. The molecule has 1 aromatic rings. The van der Waals surface area contributed by atoms with Crippen molar-refractivity contribution in [3.63, 3.8) is 0 Å². The van der Waals surface area contributed by atoms with Gasteiger partial charge in [-0.1, -0.05) is 0 Å². The molecule has 0 amide bonds. The lowest BCUT2D eigenvalue weighted by molar-refractivity contribution is -0.115. The van der Waals surface area contributed by atoms with Crippen molar-refractivity contribution in [1.29, 1.82) is 0 Å². The molecule has 1 heterocycles. The zero-order chi connectivity index (χ0) is 12.4. The number of carboxylic acid groups (broad SMARTS) is 1. The number of rotatable bonds is 3. The molecule has 1 aliphatic rings. The van der Waals surface area contributed by atoms with Crippen molar-refractivity contribution in [2.24, 2.45) is 0 Å². The van der Waals surface area contributed by atoms with Crippen LogP contribution in [0.4, 0.5) is 11.4 Å². The molecule has 0 saturated heterocycles. The molecule has 5 nitrogen and oxygen atoms in total. The number of carbonyl (C=O) groups is 2. The maximum atomic E-state index is 11.1. The number of Topliss-reactive ketones (excluding diaryl/α,β-unsaturated/α-hetero) is 1. The minimum absolute atomic E-state index is 0.0974. The first kappa shape index (κ1) is 11.4. The maximum Gasteiger partial charge on any atom is 0.335 e. The lowest BCUT2D eigenvalue weighted by Gasteiger charge is -2.31. The van der Waals surface area contributed by atoms with E-state index in [-0.39, 0.29) is 11.3 Å². The number of hydrogen-bond acceptors (Lipinski definition) is 4. The average Bonchev–Trinajstić information content (AvgIpc) is 2.28. The highest BCUT2D eigenvalue weighted by atomic mass is 16.4. The zero-order valence-electron chi connectivity index (χ0n) is 9.56. The lowest BCUT2D eigenvalue weighted by atomic mass is 10.1. The van der Waals surface area contributed by atoms with Crippen LogP contribution in [0.15, 0.2) is 18.2 Å². The van der Waals surface area contributed by atoms with Crippen molar-refractivity contribution >= 4 is 23.1 Å². The van der Waals surface area contributed by atoms with Crippen LogP contribution in [0.3, 0.4) is 0 Å². The second kappa shape index (κ2) is 4.45. The Labute approximate surface area is 99.0 Å². The summed E-state index contributed by atoms with van der Waals surface area (Å²) in [6.45, 7) is 3.37. The molecule has 0 aromatic heterocycles. The second-order valence-corrected chi connectivity index (χ2v) is 4.09. The largest absolute Gasteiger partial charge is 0.478 e. The van der Waals surface area contributed by atoms with E-state index in [1.54, 1.807) is 25.1 Å². The Bertz CT molecular complexity index is 471. The van der Waals surface area contributed by atoms with Gasteiger partial charge < -0.3 is 15.3 Å². The van der Waals surface area contributed by atoms with Crippen molar-refractivity contribution in [2.75, 3.05) is 29.9 Å². The highest BCUT2D eigenvalue weighted by molar-refractivity contribution is 5.92. The molecule has 0 saturated carbocycles. The van der Waals surface area contributed by atoms with Crippen LogP contribution in [0, 0.1) is 0 Å². The highest BCUT2D eigenvalue weighted by Crippen LogP contribution is 2.29. The van der Waals surface area contributed by atoms with Crippen molar-refractivity contribution in [3.8, 4) is 0 Å². The van der Waals surface area contributed by atoms with Crippen molar-refractivity contribution in [2.45, 2.75) is 6.92 Å². The predicted octanol–water partition coefficient (Wildman–Crippen LogP) is 1.21. The lowest BCUT2D eigenvalue weighted by Crippen LogP contribution is -2.37. The standard InChI is InChI=1S/C12H14N2O3/c1-8(15)7-14-5-4-13-10-6-9(12(16)17)2-3-11(10)14/h2-3,6,13H,4-5,7H2,1H3,(H,16,17). The number of hydrogen-bond donors (Lipinski definition) is 2. The molecule has 0 radical (unpaired) electrons. The van der Waals surface area contributed by atoms with Crippen LogP contribution >= 0.6 is 0 Å². The third-order valence-corrected chi connectivity index (χ3v) is 2.69. The number of ketones is 1. The van der Waals surface area contributed by atoms with E-state index in [0.29, 0.717) is 13.1 Å². The SMILES string of the molecule is CC(=O)CN1CCNc2cc(C(=O)O)ccc21. The van der Waals surface area contributed by atoms with Gasteiger partial charge in [0.1, 0.15) is 5.78 Å². The van der Waals surface area contributed by atoms with E-state index in [9.17, 15) is 9.59 Å². The number of nitrogens with one attached hydrogen (secondary N) is 1. The molecular formula is C12H14N2O3. The Hall–Kier alpha value is -2.04. The summed E-state index contributed by atoms with van der Waals surface area (Å²) < 4.78 is 0. The van der Waals surface area contributed by atoms with E-state index in [1.165, 1.54) is 0 Å². The molecule has 0 unspecified atom stereocenters. The first-order valence-corrected chi connectivity index (χ1v) is 5.43. The van der Waals surface area contributed by atoms with E-state index < -0.39 is 5.97 Å². The van der Waals surface area contributed by atoms with Gasteiger partial charge in [0.25, 0.3) is 0 Å². The van der Waals surface area contributed by atoms with Gasteiger partial charge in [-0.3, -0.25) is 4.79 Å². The maximum absolute atomic E-state index is 11.1. The highest BCUT2D eigenvalue weighted by Gasteiger charge is 2.18. The van der Waals surface area contributed by atoms with Crippen LogP contribution < -0.4 is 10.2 Å². The number of fused-ring (bicyclic) bond motifs is 1. The summed E-state index contributed by atoms with van der Waals surface area (Å²) in [6.07, 6.45) is 0. The number of anilines is 2. The molecule has 0 spiro atoms. The fourth-order valence-corrected chi connectivity index (χ4v) is 1.97. The van der Waals surface area contributed by atoms with Gasteiger partial charge in [0, 0.05) is 13.1 Å². The van der Waals surface area contributed by atoms with Gasteiger partial charge in [-0.25, -0.2) is 4.79 Å². The molecule has 0 aliphatic carbocycles. The normalized spacial score (nSPS) is 13.8. The Morgan fingerprint density at radius 2 is 2.24 bits per heavy atom. The summed E-state index contributed by atoms with van der Waals surface area (Å²) in [5.41, 5.74) is 1.91. The van der Waals surface area contributed by atoms with E-state index in [1.807, 2.05) is 4.90 Å². The van der Waals surface area contributed by atoms with Gasteiger partial charge in [0.15, 0.2) is 0 Å². The Morgan fingerprint density at radius 1 is 1.47 bits per heavy atom. The minimum atomic E-state index is -0.946. The molecule has 0 bridgehead atoms. The number of carbonyl (C=O) groups excluding carboxylic acids is 1. The Balaban J connectivity index is 2.33. The van der Waals surface area contributed by atoms with Crippen LogP contribution in [0.25, 0.3) is 0 Å². The fraction of sp³-hybridized carbons (Fsp3) is 0.333. The molecule has 1 aromatic carbocycles. The van der Waals surface area contributed by atoms with E-state index >= 15 is 0 Å². The topological polar surface area (TPSA) is 69.6 Å². The van der Waals surface area contributed by atoms with Crippen molar-refractivity contribution in [3.05, 3.63) is 23.8 Å². The monoisotopic (exact) mass is 234 g/mol. The number of nitrogens with zero attached hydrogens (tertiary/aromatic N) is 1. The van der Waals surface area contributed by atoms with Gasteiger partial charge in [-0.05, 0) is 25.1 Å². The number of benzene rings is 1. The molecule has 2 N–H and O–H groups in total. The van der Waals surface area contributed by atoms with Crippen molar-refractivity contribution < 1.29 is 14.7 Å². The van der Waals surface area contributed by atoms with E-state index in [2.05, 4.69) is 5.32 Å². The third-order valence-electron chi connectivity index (χ3n) is 2.69. The molecule has 0 atom stereocenters. The van der Waals surface area contributed by atoms with Gasteiger partial charge in [0.05, 0.1) is 23.5 Å². The summed E-state index contributed by atoms with van der Waals surface area (Å²) in [4.78, 5) is 23.9. The molecule has 1 aliphatic heterocycles. The van der Waals surface area contributed by atoms with Crippen LogP contribution in [0.1, 0.15) is 17.3 Å². The molecule has 5 heteroatoms. The summed E-state index contributed by atoms with van der Waals surface area (Å²) in [7, 11) is 0. The van der Waals surface area contributed by atoms with Gasteiger partial charge in [-0.2, -0.15) is 0 Å². The summed E-state index contributed by atoms with van der Waals surface area (Å²) in [6, 6.07) is 4.90. The number of carboxylic acids is 1. The quantitative estimate of drug-likeness (QED) is 0.822. The Morgan fingerprint density at radius 3 is 2.88 bits per heavy atom. The van der Waals surface area contributed by atoms with Gasteiger partial charge in [-0.15, -0.1) is 0 Å². The molecular weight excluding hydrogens is 220 g/mol. The van der Waals surface area contributed by atoms with E-state index in [4.69, 9.17) is 5.11 Å². The van der Waals surface area contributed by atoms with Crippen molar-refractivity contribution in [1.82, 2.24) is 0 Å². The average molecular weight is 234 g/mol. The minimum Gasteiger partial charge on any atom is -0.478 e. The summed E-state index contributed by atoms with van der Waals surface area (Å²) >= 11 is 0. The zero-order valence-corrected chi connectivity index (χ0v) is 9.56. The second-order valence-electron chi connectivity index (χ2n) is 4.09. The summed E-state index contributed by atoms with van der Waals surface area (Å²) in [5, 5.41) is 12.0. The number of aromatic carboxylic acids is 1. The Kier molecular flexibility index (Phi) is 2.99. The van der Waals surface area contributed by atoms with Gasteiger partial charge >= 0.3 is 5.97 Å². The molecule has 17 heavy (non-hydrogen) atoms. The van der Waals surface area contributed by atoms with Crippen LogP contribution in [-0.4, -0.2) is 36.5 Å². The third kappa shape index (κ3) is 2.38. The molecule has 0 fully saturated rings. The van der Waals surface area contributed by atoms with Crippen LogP contribution in [-0.2, 0) is 4.79 Å². The van der Waals surface area contributed by atoms with Crippen LogP contribution in [0.5, 0.6) is 0 Å². The van der Waals surface area contributed by atoms with E-state index in [0.717, 1.165) is 17.9 Å². The predicted molar refractivity (Wildman–Crippen MR) is 64.8 cm³/mol. The summed E-state index contributed by atoms with van der Waals surface area (Å²) in [5.74, 6) is -0.849. The van der Waals surface area contributed by atoms with Crippen LogP contribution in [0.2, 0.25) is 0 Å². The molecule has 90 valence electrons. The molecule has 2 rings (SSSR count). The van der Waals surface area contributed by atoms with Gasteiger partial charge in [0.2, 0.25) is 0 Å².